The molecule has 0 bridgehead atoms. The molecule has 1 N–H and O–H groups in total. The smallest absolute Gasteiger partial charge is 0.251 e. The van der Waals surface area contributed by atoms with Crippen LogP contribution >= 0.6 is 0 Å². The van der Waals surface area contributed by atoms with E-state index in [2.05, 4.69) is 5.32 Å². The zero-order valence-electron chi connectivity index (χ0n) is 13.2. The minimum absolute atomic E-state index is 0.0155. The highest BCUT2D eigenvalue weighted by molar-refractivity contribution is 5.97. The van der Waals surface area contributed by atoms with Gasteiger partial charge >= 0.3 is 0 Å². The first kappa shape index (κ1) is 16.0. The Hall–Kier alpha value is -2.42. The van der Waals surface area contributed by atoms with Gasteiger partial charge in [-0.25, -0.2) is 0 Å². The van der Waals surface area contributed by atoms with Gasteiger partial charge in [0.1, 0.15) is 0 Å². The molecule has 114 valence electrons. The monoisotopic (exact) mass is 295 g/mol. The fourth-order valence-electron chi connectivity index (χ4n) is 1.97. The second-order valence-corrected chi connectivity index (χ2v) is 6.30. The van der Waals surface area contributed by atoms with Gasteiger partial charge in [0, 0.05) is 11.0 Å². The van der Waals surface area contributed by atoms with E-state index in [1.165, 1.54) is 0 Å². The van der Waals surface area contributed by atoms with E-state index in [1.807, 2.05) is 63.2 Å². The van der Waals surface area contributed by atoms with Crippen LogP contribution in [0.15, 0.2) is 54.6 Å². The summed E-state index contributed by atoms with van der Waals surface area (Å²) in [5.41, 5.74) is 2.28. The summed E-state index contributed by atoms with van der Waals surface area (Å²) in [6, 6.07) is 17.4. The SMILES string of the molecule is CC(C)(C)C(=O)CNC(=O)c1ccc(-c2ccccc2)cc1. The molecular formula is C19H21NO2. The summed E-state index contributed by atoms with van der Waals surface area (Å²) in [7, 11) is 0. The molecule has 0 aliphatic rings. The Kier molecular flexibility index (Phi) is 4.76. The van der Waals surface area contributed by atoms with E-state index < -0.39 is 5.41 Å². The molecule has 0 fully saturated rings. The van der Waals surface area contributed by atoms with Gasteiger partial charge in [-0.15, -0.1) is 0 Å². The summed E-state index contributed by atoms with van der Waals surface area (Å²) < 4.78 is 0. The largest absolute Gasteiger partial charge is 0.345 e. The molecule has 0 saturated carbocycles. The molecule has 0 aromatic heterocycles. The quantitative estimate of drug-likeness (QED) is 0.935. The molecule has 2 aromatic carbocycles. The van der Waals surface area contributed by atoms with Crippen molar-refractivity contribution in [2.45, 2.75) is 20.8 Å². The molecule has 0 aliphatic carbocycles. The average molecular weight is 295 g/mol. The lowest BCUT2D eigenvalue weighted by Crippen LogP contribution is -2.35. The van der Waals surface area contributed by atoms with E-state index in [0.29, 0.717) is 5.56 Å². The van der Waals surface area contributed by atoms with Gasteiger partial charge in [0.15, 0.2) is 5.78 Å². The molecule has 2 rings (SSSR count). The highest BCUT2D eigenvalue weighted by atomic mass is 16.2. The second kappa shape index (κ2) is 6.56. The minimum atomic E-state index is -0.440. The number of rotatable bonds is 4. The maximum atomic E-state index is 12.1. The number of nitrogens with one attached hydrogen (secondary N) is 1. The van der Waals surface area contributed by atoms with Crippen molar-refractivity contribution in [2.75, 3.05) is 6.54 Å². The Labute approximate surface area is 131 Å². The molecule has 0 saturated heterocycles. The van der Waals surface area contributed by atoms with Crippen LogP contribution in [-0.4, -0.2) is 18.2 Å². The van der Waals surface area contributed by atoms with Gasteiger partial charge in [0.25, 0.3) is 5.91 Å². The molecule has 0 unspecified atom stereocenters. The normalized spacial score (nSPS) is 11.0. The first-order valence-corrected chi connectivity index (χ1v) is 7.35. The summed E-state index contributed by atoms with van der Waals surface area (Å²) in [6.07, 6.45) is 0. The maximum absolute atomic E-state index is 12.1. The average Bonchev–Trinajstić information content (AvgIpc) is 2.52. The van der Waals surface area contributed by atoms with Gasteiger partial charge in [0.2, 0.25) is 0 Å². The lowest BCUT2D eigenvalue weighted by Gasteiger charge is -2.16. The summed E-state index contributed by atoms with van der Waals surface area (Å²) in [6.45, 7) is 5.59. The van der Waals surface area contributed by atoms with Crippen LogP contribution in [0.3, 0.4) is 0 Å². The van der Waals surface area contributed by atoms with Crippen molar-refractivity contribution in [3.63, 3.8) is 0 Å². The first-order chi connectivity index (χ1) is 10.4. The van der Waals surface area contributed by atoms with Gasteiger partial charge in [-0.05, 0) is 23.3 Å². The maximum Gasteiger partial charge on any atom is 0.251 e. The van der Waals surface area contributed by atoms with E-state index in [1.54, 1.807) is 12.1 Å². The first-order valence-electron chi connectivity index (χ1n) is 7.35. The van der Waals surface area contributed by atoms with E-state index in [9.17, 15) is 9.59 Å². The molecule has 1 amide bonds. The van der Waals surface area contributed by atoms with Crippen LogP contribution in [0, 0.1) is 5.41 Å². The number of amides is 1. The van der Waals surface area contributed by atoms with Crippen LogP contribution in [-0.2, 0) is 4.79 Å². The van der Waals surface area contributed by atoms with E-state index in [4.69, 9.17) is 0 Å². The minimum Gasteiger partial charge on any atom is -0.345 e. The van der Waals surface area contributed by atoms with Crippen molar-refractivity contribution in [3.8, 4) is 11.1 Å². The number of hydrogen-bond donors (Lipinski definition) is 1. The molecule has 22 heavy (non-hydrogen) atoms. The molecule has 2 aromatic rings. The number of carbonyl (C=O) groups excluding carboxylic acids is 2. The molecular weight excluding hydrogens is 274 g/mol. The highest BCUT2D eigenvalue weighted by Gasteiger charge is 2.21. The molecule has 0 radical (unpaired) electrons. The lowest BCUT2D eigenvalue weighted by atomic mass is 9.91. The van der Waals surface area contributed by atoms with Gasteiger partial charge in [-0.2, -0.15) is 0 Å². The molecule has 3 heteroatoms. The molecule has 0 aliphatic heterocycles. The van der Waals surface area contributed by atoms with E-state index in [0.717, 1.165) is 11.1 Å². The molecule has 0 spiro atoms. The predicted octanol–water partition coefficient (Wildman–Crippen LogP) is 3.70. The van der Waals surface area contributed by atoms with Crippen molar-refractivity contribution >= 4 is 11.7 Å². The summed E-state index contributed by atoms with van der Waals surface area (Å²) in [4.78, 5) is 23.9. The van der Waals surface area contributed by atoms with Crippen molar-refractivity contribution in [1.82, 2.24) is 5.32 Å². The topological polar surface area (TPSA) is 46.2 Å². The predicted molar refractivity (Wildman–Crippen MR) is 88.7 cm³/mol. The van der Waals surface area contributed by atoms with Crippen LogP contribution in [0.2, 0.25) is 0 Å². The van der Waals surface area contributed by atoms with E-state index in [-0.39, 0.29) is 18.2 Å². The Morgan fingerprint density at radius 2 is 1.41 bits per heavy atom. The van der Waals surface area contributed by atoms with Crippen LogP contribution in [0.1, 0.15) is 31.1 Å². The second-order valence-electron chi connectivity index (χ2n) is 6.30. The number of ketones is 1. The zero-order chi connectivity index (χ0) is 16.2. The number of carbonyl (C=O) groups is 2. The van der Waals surface area contributed by atoms with Gasteiger partial charge < -0.3 is 5.32 Å². The molecule has 0 atom stereocenters. The third kappa shape index (κ3) is 4.04. The number of Topliss-reactive ketones (excluding diaryl/α,β-unsaturated/α-hetero) is 1. The van der Waals surface area contributed by atoms with Crippen LogP contribution in [0.4, 0.5) is 0 Å². The summed E-state index contributed by atoms with van der Waals surface area (Å²) in [5.74, 6) is -0.209. The van der Waals surface area contributed by atoms with Crippen molar-refractivity contribution in [2.24, 2.45) is 5.41 Å². The van der Waals surface area contributed by atoms with Gasteiger partial charge in [0.05, 0.1) is 6.54 Å². The van der Waals surface area contributed by atoms with Crippen LogP contribution in [0.5, 0.6) is 0 Å². The lowest BCUT2D eigenvalue weighted by molar-refractivity contribution is -0.125. The summed E-state index contributed by atoms with van der Waals surface area (Å²) in [5, 5.41) is 2.68. The molecule has 0 heterocycles. The van der Waals surface area contributed by atoms with Gasteiger partial charge in [-0.1, -0.05) is 63.2 Å². The third-order valence-electron chi connectivity index (χ3n) is 3.50. The van der Waals surface area contributed by atoms with Crippen LogP contribution in [0.25, 0.3) is 11.1 Å². The Bertz CT molecular complexity index is 652. The fraction of sp³-hybridized carbons (Fsp3) is 0.263. The van der Waals surface area contributed by atoms with Crippen molar-refractivity contribution in [1.29, 1.82) is 0 Å². The van der Waals surface area contributed by atoms with Crippen LogP contribution < -0.4 is 5.32 Å². The van der Waals surface area contributed by atoms with Gasteiger partial charge in [-0.3, -0.25) is 9.59 Å². The standard InChI is InChI=1S/C19H21NO2/c1-19(2,3)17(21)13-20-18(22)16-11-9-15(10-12-16)14-7-5-4-6-8-14/h4-12H,13H2,1-3H3,(H,20,22). The van der Waals surface area contributed by atoms with Crippen molar-refractivity contribution in [3.05, 3.63) is 60.2 Å². The van der Waals surface area contributed by atoms with E-state index >= 15 is 0 Å². The molecule has 3 nitrogen and oxygen atoms in total. The number of benzene rings is 2. The zero-order valence-corrected chi connectivity index (χ0v) is 13.2. The highest BCUT2D eigenvalue weighted by Crippen LogP contribution is 2.19. The number of hydrogen-bond acceptors (Lipinski definition) is 2. The third-order valence-corrected chi connectivity index (χ3v) is 3.50. The Balaban J connectivity index is 2.02. The fourth-order valence-corrected chi connectivity index (χ4v) is 1.97. The Morgan fingerprint density at radius 1 is 0.864 bits per heavy atom. The Morgan fingerprint density at radius 3 is 1.95 bits per heavy atom. The van der Waals surface area contributed by atoms with Crippen molar-refractivity contribution < 1.29 is 9.59 Å². The summed E-state index contributed by atoms with van der Waals surface area (Å²) >= 11 is 0.